The minimum atomic E-state index is -0.0715. The largest absolute Gasteiger partial charge is 0.364 e. The van der Waals surface area contributed by atoms with Gasteiger partial charge in [0.2, 0.25) is 11.2 Å². The molecule has 0 aliphatic carbocycles. The highest BCUT2D eigenvalue weighted by Gasteiger charge is 2.22. The van der Waals surface area contributed by atoms with Crippen molar-refractivity contribution in [3.63, 3.8) is 0 Å². The van der Waals surface area contributed by atoms with E-state index < -0.39 is 0 Å². The molecular weight excluding hydrogens is 352 g/mol. The van der Waals surface area contributed by atoms with Gasteiger partial charge in [-0.05, 0) is 49.5 Å². The van der Waals surface area contributed by atoms with E-state index in [0.717, 1.165) is 38.6 Å². The van der Waals surface area contributed by atoms with E-state index in [-0.39, 0.29) is 23.3 Å². The Kier molecular flexibility index (Phi) is 6.57. The van der Waals surface area contributed by atoms with Crippen LogP contribution in [0.3, 0.4) is 0 Å². The van der Waals surface area contributed by atoms with Crippen LogP contribution in [0, 0.1) is 0 Å². The van der Waals surface area contributed by atoms with E-state index in [4.69, 9.17) is 11.6 Å². The summed E-state index contributed by atoms with van der Waals surface area (Å²) in [5.41, 5.74) is 1.38. The molecule has 0 aromatic carbocycles. The van der Waals surface area contributed by atoms with Crippen molar-refractivity contribution < 1.29 is 4.79 Å². The fourth-order valence-corrected chi connectivity index (χ4v) is 3.34. The number of halogens is 1. The van der Waals surface area contributed by atoms with Gasteiger partial charge in [0.15, 0.2) is 5.82 Å². The zero-order valence-electron chi connectivity index (χ0n) is 15.0. The number of aromatic nitrogens is 3. The zero-order valence-corrected chi connectivity index (χ0v) is 15.7. The van der Waals surface area contributed by atoms with Crippen molar-refractivity contribution in [2.24, 2.45) is 0 Å². The third-order valence-corrected chi connectivity index (χ3v) is 4.74. The first-order valence-electron chi connectivity index (χ1n) is 9.23. The molecule has 0 bridgehead atoms. The number of anilines is 1. The van der Waals surface area contributed by atoms with Gasteiger partial charge in [-0.25, -0.2) is 4.98 Å². The SMILES string of the molecule is CCCCC(CNC(=O)C1CCCN1)Nc1nc(Cl)nc2cccnc12. The van der Waals surface area contributed by atoms with Gasteiger partial charge in [0.1, 0.15) is 5.52 Å². The maximum absolute atomic E-state index is 12.3. The van der Waals surface area contributed by atoms with Crippen LogP contribution in [0.5, 0.6) is 0 Å². The minimum absolute atomic E-state index is 0.0523. The van der Waals surface area contributed by atoms with Gasteiger partial charge in [-0.1, -0.05) is 19.8 Å². The molecular formula is C18H25ClN6O. The fraction of sp³-hybridized carbons (Fsp3) is 0.556. The molecule has 3 N–H and O–H groups in total. The Hall–Kier alpha value is -1.99. The monoisotopic (exact) mass is 376 g/mol. The molecule has 2 aromatic heterocycles. The van der Waals surface area contributed by atoms with Crippen molar-refractivity contribution >= 4 is 34.4 Å². The molecule has 7 nitrogen and oxygen atoms in total. The van der Waals surface area contributed by atoms with Crippen LogP contribution in [0.15, 0.2) is 18.3 Å². The van der Waals surface area contributed by atoms with Crippen molar-refractivity contribution in [1.82, 2.24) is 25.6 Å². The second-order valence-electron chi connectivity index (χ2n) is 6.59. The van der Waals surface area contributed by atoms with E-state index in [0.29, 0.717) is 23.4 Å². The number of hydrogen-bond donors (Lipinski definition) is 3. The number of carbonyl (C=O) groups is 1. The summed E-state index contributed by atoms with van der Waals surface area (Å²) in [5.74, 6) is 0.671. The number of rotatable bonds is 8. The van der Waals surface area contributed by atoms with E-state index >= 15 is 0 Å². The maximum Gasteiger partial charge on any atom is 0.237 e. The summed E-state index contributed by atoms with van der Waals surface area (Å²) in [4.78, 5) is 25.2. The van der Waals surface area contributed by atoms with Crippen molar-refractivity contribution in [1.29, 1.82) is 0 Å². The van der Waals surface area contributed by atoms with E-state index in [2.05, 4.69) is 37.8 Å². The number of unbranched alkanes of at least 4 members (excludes halogenated alkanes) is 1. The molecule has 2 unspecified atom stereocenters. The van der Waals surface area contributed by atoms with Crippen molar-refractivity contribution in [2.75, 3.05) is 18.4 Å². The van der Waals surface area contributed by atoms with Crippen molar-refractivity contribution in [3.05, 3.63) is 23.6 Å². The summed E-state index contributed by atoms with van der Waals surface area (Å²) in [7, 11) is 0. The predicted molar refractivity (Wildman–Crippen MR) is 103 cm³/mol. The maximum atomic E-state index is 12.3. The summed E-state index contributed by atoms with van der Waals surface area (Å²) < 4.78 is 0. The summed E-state index contributed by atoms with van der Waals surface area (Å²) >= 11 is 6.06. The first kappa shape index (κ1) is 18.8. The Labute approximate surface area is 158 Å². The van der Waals surface area contributed by atoms with Gasteiger partial charge in [0.25, 0.3) is 0 Å². The normalized spacial score (nSPS) is 18.0. The number of nitrogens with one attached hydrogen (secondary N) is 3. The first-order chi connectivity index (χ1) is 12.7. The number of amides is 1. The number of carbonyl (C=O) groups excluding carboxylic acids is 1. The molecule has 2 atom stereocenters. The average molecular weight is 377 g/mol. The van der Waals surface area contributed by atoms with Crippen LogP contribution in [0.2, 0.25) is 5.28 Å². The van der Waals surface area contributed by atoms with Crippen LogP contribution in [0.1, 0.15) is 39.0 Å². The van der Waals surface area contributed by atoms with E-state index in [1.807, 2.05) is 12.1 Å². The predicted octanol–water partition coefficient (Wildman–Crippen LogP) is 2.52. The van der Waals surface area contributed by atoms with Crippen molar-refractivity contribution in [3.8, 4) is 0 Å². The molecule has 140 valence electrons. The lowest BCUT2D eigenvalue weighted by Crippen LogP contribution is -2.44. The summed E-state index contributed by atoms with van der Waals surface area (Å²) in [6, 6.07) is 3.66. The summed E-state index contributed by atoms with van der Waals surface area (Å²) in [5, 5.41) is 9.87. The molecule has 3 rings (SSSR count). The van der Waals surface area contributed by atoms with Crippen LogP contribution in [0.25, 0.3) is 11.0 Å². The number of hydrogen-bond acceptors (Lipinski definition) is 6. The quantitative estimate of drug-likeness (QED) is 0.613. The molecule has 0 spiro atoms. The fourth-order valence-electron chi connectivity index (χ4n) is 3.16. The smallest absolute Gasteiger partial charge is 0.237 e. The molecule has 26 heavy (non-hydrogen) atoms. The Morgan fingerprint density at radius 1 is 1.46 bits per heavy atom. The van der Waals surface area contributed by atoms with Gasteiger partial charge in [-0.15, -0.1) is 0 Å². The molecule has 3 heterocycles. The van der Waals surface area contributed by atoms with Crippen LogP contribution >= 0.6 is 11.6 Å². The van der Waals surface area contributed by atoms with E-state index in [9.17, 15) is 4.79 Å². The van der Waals surface area contributed by atoms with Crippen LogP contribution in [-0.2, 0) is 4.79 Å². The first-order valence-corrected chi connectivity index (χ1v) is 9.61. The Balaban J connectivity index is 1.70. The number of pyridine rings is 1. The molecule has 1 fully saturated rings. The molecule has 2 aromatic rings. The second-order valence-corrected chi connectivity index (χ2v) is 6.93. The lowest BCUT2D eigenvalue weighted by molar-refractivity contribution is -0.122. The third-order valence-electron chi connectivity index (χ3n) is 4.57. The standard InChI is InChI=1S/C18H25ClN6O/c1-2-3-6-12(11-22-17(26)14-8-5-9-20-14)23-16-15-13(7-4-10-21-15)24-18(19)25-16/h4,7,10,12,14,20H,2-3,5-6,8-9,11H2,1H3,(H,22,26)(H,23,24,25). The molecule has 8 heteroatoms. The molecule has 0 radical (unpaired) electrons. The van der Waals surface area contributed by atoms with Gasteiger partial charge >= 0.3 is 0 Å². The van der Waals surface area contributed by atoms with Crippen LogP contribution < -0.4 is 16.0 Å². The lowest BCUT2D eigenvalue weighted by atomic mass is 10.1. The van der Waals surface area contributed by atoms with Gasteiger partial charge in [-0.3, -0.25) is 9.78 Å². The highest BCUT2D eigenvalue weighted by molar-refractivity contribution is 6.28. The van der Waals surface area contributed by atoms with Gasteiger partial charge in [0.05, 0.1) is 11.6 Å². The highest BCUT2D eigenvalue weighted by Crippen LogP contribution is 2.21. The minimum Gasteiger partial charge on any atom is -0.364 e. The molecule has 1 aliphatic rings. The third kappa shape index (κ3) is 4.80. The molecule has 1 saturated heterocycles. The highest BCUT2D eigenvalue weighted by atomic mass is 35.5. The summed E-state index contributed by atoms with van der Waals surface area (Å²) in [6.07, 6.45) is 6.71. The molecule has 0 saturated carbocycles. The Bertz CT molecular complexity index is 750. The molecule has 1 amide bonds. The Morgan fingerprint density at radius 2 is 2.35 bits per heavy atom. The van der Waals surface area contributed by atoms with E-state index in [1.54, 1.807) is 6.20 Å². The number of nitrogens with zero attached hydrogens (tertiary/aromatic N) is 3. The van der Waals surface area contributed by atoms with Gasteiger partial charge < -0.3 is 16.0 Å². The van der Waals surface area contributed by atoms with Crippen LogP contribution in [-0.4, -0.2) is 46.0 Å². The van der Waals surface area contributed by atoms with E-state index in [1.165, 1.54) is 0 Å². The van der Waals surface area contributed by atoms with Gasteiger partial charge in [0, 0.05) is 18.8 Å². The average Bonchev–Trinajstić information content (AvgIpc) is 3.18. The van der Waals surface area contributed by atoms with Crippen LogP contribution in [0.4, 0.5) is 5.82 Å². The molecule has 1 aliphatic heterocycles. The number of fused-ring (bicyclic) bond motifs is 1. The summed E-state index contributed by atoms with van der Waals surface area (Å²) in [6.45, 7) is 3.59. The Morgan fingerprint density at radius 3 is 3.12 bits per heavy atom. The second kappa shape index (κ2) is 9.09. The topological polar surface area (TPSA) is 91.8 Å². The van der Waals surface area contributed by atoms with Gasteiger partial charge in [-0.2, -0.15) is 4.98 Å². The lowest BCUT2D eigenvalue weighted by Gasteiger charge is -2.21. The zero-order chi connectivity index (χ0) is 18.4. The van der Waals surface area contributed by atoms with Crippen molar-refractivity contribution in [2.45, 2.75) is 51.1 Å².